The van der Waals surface area contributed by atoms with Crippen molar-refractivity contribution in [1.82, 2.24) is 4.37 Å². The maximum Gasteiger partial charge on any atom is 0.271 e. The highest BCUT2D eigenvalue weighted by molar-refractivity contribution is 7.10. The summed E-state index contributed by atoms with van der Waals surface area (Å²) in [6.07, 6.45) is 0. The Labute approximate surface area is 172 Å². The number of aromatic hydroxyl groups is 1. The highest BCUT2D eigenvalue weighted by atomic mass is 32.1. The molecule has 3 aromatic rings. The Morgan fingerprint density at radius 3 is 2.34 bits per heavy atom. The zero-order chi connectivity index (χ0) is 21.0. The van der Waals surface area contributed by atoms with Crippen LogP contribution >= 0.6 is 11.5 Å². The third kappa shape index (κ3) is 4.49. The molecule has 0 saturated heterocycles. The lowest BCUT2D eigenvalue weighted by Crippen LogP contribution is -2.28. The van der Waals surface area contributed by atoms with Crippen molar-refractivity contribution in [2.75, 3.05) is 11.5 Å². The van der Waals surface area contributed by atoms with E-state index in [1.807, 2.05) is 49.1 Å². The van der Waals surface area contributed by atoms with Crippen molar-refractivity contribution < 1.29 is 10.2 Å². The Morgan fingerprint density at radius 1 is 1.14 bits per heavy atom. The second-order valence-corrected chi connectivity index (χ2v) is 7.70. The standard InChI is InChI=1S/C21H24N4O3S/c1-13(2)17(12-26)23-19(22)18-20(28)24-29-21(18)25(14-6-4-3-5-7-14)15-8-10-16(27)11-9-15/h3-11,13,17,26-27H,12H2,1-2H3,(H2,22,23)(H,24,28). The number of rotatable bonds is 7. The number of amidine groups is 1. The van der Waals surface area contributed by atoms with Crippen LogP contribution in [0, 0.1) is 5.92 Å². The number of phenolic OH excluding ortho intramolecular Hbond substituents is 1. The summed E-state index contributed by atoms with van der Waals surface area (Å²) in [6, 6.07) is 15.8. The number of hydrogen-bond donors (Lipinski definition) is 4. The van der Waals surface area contributed by atoms with Crippen LogP contribution in [-0.4, -0.2) is 33.1 Å². The zero-order valence-corrected chi connectivity index (χ0v) is 17.1. The first-order chi connectivity index (χ1) is 13.9. The zero-order valence-electron chi connectivity index (χ0n) is 16.2. The maximum atomic E-state index is 12.6. The van der Waals surface area contributed by atoms with E-state index in [4.69, 9.17) is 5.73 Å². The molecule has 0 saturated carbocycles. The number of aromatic amines is 1. The normalized spacial score (nSPS) is 12.9. The van der Waals surface area contributed by atoms with Gasteiger partial charge < -0.3 is 15.9 Å². The lowest BCUT2D eigenvalue weighted by Gasteiger charge is -2.24. The van der Waals surface area contributed by atoms with Crippen molar-refractivity contribution in [3.8, 4) is 5.75 Å². The molecule has 2 aromatic carbocycles. The minimum absolute atomic E-state index is 0.0713. The first-order valence-electron chi connectivity index (χ1n) is 9.22. The lowest BCUT2D eigenvalue weighted by atomic mass is 10.1. The molecule has 0 bridgehead atoms. The number of aliphatic imine (C=N–C) groups is 1. The molecule has 1 heterocycles. The van der Waals surface area contributed by atoms with Gasteiger partial charge in [0.25, 0.3) is 5.56 Å². The van der Waals surface area contributed by atoms with Gasteiger partial charge in [0.1, 0.15) is 22.1 Å². The number of anilines is 3. The Hall–Kier alpha value is -3.10. The molecular weight excluding hydrogens is 388 g/mol. The molecule has 0 radical (unpaired) electrons. The molecular formula is C21H24N4O3S. The Bertz CT molecular complexity index is 1030. The van der Waals surface area contributed by atoms with Gasteiger partial charge >= 0.3 is 0 Å². The highest BCUT2D eigenvalue weighted by Gasteiger charge is 2.24. The van der Waals surface area contributed by atoms with Gasteiger partial charge in [-0.3, -0.25) is 19.1 Å². The number of nitrogens with one attached hydrogen (secondary N) is 1. The van der Waals surface area contributed by atoms with E-state index in [2.05, 4.69) is 9.37 Å². The summed E-state index contributed by atoms with van der Waals surface area (Å²) in [6.45, 7) is 3.71. The molecule has 1 aromatic heterocycles. The molecule has 152 valence electrons. The van der Waals surface area contributed by atoms with Gasteiger partial charge in [0.15, 0.2) is 0 Å². The minimum Gasteiger partial charge on any atom is -0.508 e. The van der Waals surface area contributed by atoms with Gasteiger partial charge in [-0.2, -0.15) is 0 Å². The highest BCUT2D eigenvalue weighted by Crippen LogP contribution is 2.38. The number of benzene rings is 2. The van der Waals surface area contributed by atoms with E-state index in [1.165, 1.54) is 0 Å². The van der Waals surface area contributed by atoms with Gasteiger partial charge in [-0.15, -0.1) is 0 Å². The van der Waals surface area contributed by atoms with Crippen LogP contribution in [0.3, 0.4) is 0 Å². The fourth-order valence-electron chi connectivity index (χ4n) is 2.88. The molecule has 0 spiro atoms. The molecule has 3 rings (SSSR count). The Balaban J connectivity index is 2.17. The number of aliphatic hydroxyl groups is 1. The topological polar surface area (TPSA) is 115 Å². The van der Waals surface area contributed by atoms with E-state index in [0.717, 1.165) is 22.9 Å². The fraction of sp³-hybridized carbons (Fsp3) is 0.238. The van der Waals surface area contributed by atoms with Crippen molar-refractivity contribution in [1.29, 1.82) is 0 Å². The van der Waals surface area contributed by atoms with Crippen LogP contribution in [0.15, 0.2) is 64.4 Å². The molecule has 7 nitrogen and oxygen atoms in total. The van der Waals surface area contributed by atoms with Gasteiger partial charge in [0.05, 0.1) is 12.6 Å². The average molecular weight is 413 g/mol. The molecule has 8 heteroatoms. The van der Waals surface area contributed by atoms with Crippen LogP contribution < -0.4 is 16.2 Å². The third-order valence-corrected chi connectivity index (χ3v) is 5.39. The predicted octanol–water partition coefficient (Wildman–Crippen LogP) is 3.33. The molecule has 0 aliphatic heterocycles. The summed E-state index contributed by atoms with van der Waals surface area (Å²) < 4.78 is 2.74. The van der Waals surface area contributed by atoms with E-state index in [0.29, 0.717) is 5.00 Å². The summed E-state index contributed by atoms with van der Waals surface area (Å²) in [7, 11) is 0. The van der Waals surface area contributed by atoms with E-state index < -0.39 is 6.04 Å². The molecule has 1 unspecified atom stereocenters. The molecule has 0 aliphatic rings. The van der Waals surface area contributed by atoms with Crippen LogP contribution in [-0.2, 0) is 0 Å². The van der Waals surface area contributed by atoms with E-state index in [-0.39, 0.29) is 35.2 Å². The average Bonchev–Trinajstić information content (AvgIpc) is 3.09. The first kappa shape index (κ1) is 20.6. The second kappa shape index (κ2) is 8.93. The van der Waals surface area contributed by atoms with Gasteiger partial charge in [0.2, 0.25) is 0 Å². The number of phenols is 1. The quantitative estimate of drug-likeness (QED) is 0.351. The van der Waals surface area contributed by atoms with Crippen LogP contribution in [0.25, 0.3) is 0 Å². The van der Waals surface area contributed by atoms with Crippen molar-refractivity contribution in [3.63, 3.8) is 0 Å². The Morgan fingerprint density at radius 2 is 1.76 bits per heavy atom. The Kier molecular flexibility index (Phi) is 6.36. The van der Waals surface area contributed by atoms with Crippen LogP contribution in [0.4, 0.5) is 16.4 Å². The molecule has 29 heavy (non-hydrogen) atoms. The largest absolute Gasteiger partial charge is 0.508 e. The summed E-state index contributed by atoms with van der Waals surface area (Å²) in [5, 5.41) is 19.8. The SMILES string of the molecule is CC(C)C(CO)N=C(N)c1c(N(c2ccccc2)c2ccc(O)cc2)s[nH]c1=O. The summed E-state index contributed by atoms with van der Waals surface area (Å²) >= 11 is 1.15. The fourth-order valence-corrected chi connectivity index (χ4v) is 3.78. The van der Waals surface area contributed by atoms with Crippen molar-refractivity contribution >= 4 is 33.7 Å². The number of H-pyrrole nitrogens is 1. The number of nitrogens with zero attached hydrogens (tertiary/aromatic N) is 2. The van der Waals surface area contributed by atoms with E-state index in [9.17, 15) is 15.0 Å². The molecule has 0 fully saturated rings. The van der Waals surface area contributed by atoms with Crippen LogP contribution in [0.5, 0.6) is 5.75 Å². The number of aromatic nitrogens is 1. The minimum atomic E-state index is -0.402. The van der Waals surface area contributed by atoms with E-state index >= 15 is 0 Å². The van der Waals surface area contributed by atoms with Gasteiger partial charge in [0, 0.05) is 11.4 Å². The maximum absolute atomic E-state index is 12.6. The monoisotopic (exact) mass is 412 g/mol. The van der Waals surface area contributed by atoms with Crippen LogP contribution in [0.1, 0.15) is 19.4 Å². The first-order valence-corrected chi connectivity index (χ1v) is 10.0. The molecule has 0 amide bonds. The number of aliphatic hydroxyl groups excluding tert-OH is 1. The molecule has 0 aliphatic carbocycles. The van der Waals surface area contributed by atoms with Gasteiger partial charge in [-0.1, -0.05) is 32.0 Å². The third-order valence-electron chi connectivity index (χ3n) is 4.52. The molecule has 1 atom stereocenters. The summed E-state index contributed by atoms with van der Waals surface area (Å²) in [4.78, 5) is 18.9. The lowest BCUT2D eigenvalue weighted by molar-refractivity contribution is 0.240. The summed E-state index contributed by atoms with van der Waals surface area (Å²) in [5.41, 5.74) is 7.72. The van der Waals surface area contributed by atoms with Crippen molar-refractivity contribution in [3.05, 3.63) is 70.5 Å². The van der Waals surface area contributed by atoms with Crippen LogP contribution in [0.2, 0.25) is 0 Å². The van der Waals surface area contributed by atoms with Gasteiger partial charge in [-0.25, -0.2) is 0 Å². The number of hydrogen-bond acceptors (Lipinski definition) is 6. The van der Waals surface area contributed by atoms with Crippen molar-refractivity contribution in [2.45, 2.75) is 19.9 Å². The molecule has 5 N–H and O–H groups in total. The summed E-state index contributed by atoms with van der Waals surface area (Å²) in [5.74, 6) is 0.296. The van der Waals surface area contributed by atoms with Gasteiger partial charge in [-0.05, 0) is 53.8 Å². The smallest absolute Gasteiger partial charge is 0.271 e. The predicted molar refractivity (Wildman–Crippen MR) is 118 cm³/mol. The number of nitrogens with two attached hydrogens (primary N) is 1. The van der Waals surface area contributed by atoms with E-state index in [1.54, 1.807) is 24.3 Å². The second-order valence-electron chi connectivity index (χ2n) is 6.91. The number of para-hydroxylation sites is 1. The van der Waals surface area contributed by atoms with Crippen molar-refractivity contribution in [2.24, 2.45) is 16.6 Å².